The predicted octanol–water partition coefficient (Wildman–Crippen LogP) is 3.11. The molecule has 1 heterocycles. The molecule has 1 aliphatic heterocycles. The molecule has 1 atom stereocenters. The first-order chi connectivity index (χ1) is 7.59. The zero-order valence-corrected chi connectivity index (χ0v) is 9.66. The highest BCUT2D eigenvalue weighted by Gasteiger charge is 2.32. The molecule has 1 aromatic carbocycles. The second kappa shape index (κ2) is 4.68. The summed E-state index contributed by atoms with van der Waals surface area (Å²) in [5.74, 6) is -0.386. The number of benzene rings is 1. The summed E-state index contributed by atoms with van der Waals surface area (Å²) < 4.78 is 27.2. The summed E-state index contributed by atoms with van der Waals surface area (Å²) in [5, 5.41) is 3.34. The molecule has 0 bridgehead atoms. The molecule has 1 saturated heterocycles. The third kappa shape index (κ3) is 2.71. The third-order valence-electron chi connectivity index (χ3n) is 2.94. The molecule has 0 amide bonds. The summed E-state index contributed by atoms with van der Waals surface area (Å²) in [6.07, 6.45) is 1.61. The number of alkyl halides is 1. The molecule has 1 unspecified atom stereocenters. The van der Waals surface area contributed by atoms with Gasteiger partial charge in [0.25, 0.3) is 0 Å². The fourth-order valence-electron chi connectivity index (χ4n) is 2.09. The molecule has 2 rings (SSSR count). The van der Waals surface area contributed by atoms with Crippen LogP contribution >= 0.6 is 11.6 Å². The van der Waals surface area contributed by atoms with Crippen LogP contribution in [-0.2, 0) is 6.42 Å². The van der Waals surface area contributed by atoms with E-state index in [-0.39, 0.29) is 12.2 Å². The molecule has 1 fully saturated rings. The van der Waals surface area contributed by atoms with Gasteiger partial charge in [-0.1, -0.05) is 17.7 Å². The Morgan fingerprint density at radius 1 is 1.44 bits per heavy atom. The molecular formula is C12H14ClF2N. The smallest absolute Gasteiger partial charge is 0.127 e. The molecule has 1 aliphatic rings. The van der Waals surface area contributed by atoms with E-state index >= 15 is 0 Å². The zero-order chi connectivity index (χ0) is 11.6. The van der Waals surface area contributed by atoms with Gasteiger partial charge in [-0.2, -0.15) is 0 Å². The van der Waals surface area contributed by atoms with Gasteiger partial charge < -0.3 is 5.32 Å². The molecule has 1 nitrogen and oxygen atoms in total. The van der Waals surface area contributed by atoms with Gasteiger partial charge in [0.15, 0.2) is 0 Å². The van der Waals surface area contributed by atoms with Crippen molar-refractivity contribution in [2.24, 2.45) is 0 Å². The molecule has 4 heteroatoms. The third-order valence-corrected chi connectivity index (χ3v) is 3.29. The van der Waals surface area contributed by atoms with Gasteiger partial charge in [-0.15, -0.1) is 0 Å². The van der Waals surface area contributed by atoms with E-state index in [9.17, 15) is 8.78 Å². The summed E-state index contributed by atoms with van der Waals surface area (Å²) in [4.78, 5) is 0. The molecule has 1 N–H and O–H groups in total. The van der Waals surface area contributed by atoms with E-state index in [1.54, 1.807) is 6.07 Å². The largest absolute Gasteiger partial charge is 0.314 e. The zero-order valence-electron chi connectivity index (χ0n) is 8.90. The Bertz CT molecular complexity index is 375. The maximum Gasteiger partial charge on any atom is 0.127 e. The molecule has 0 spiro atoms. The van der Waals surface area contributed by atoms with Crippen LogP contribution in [0.1, 0.15) is 18.4 Å². The van der Waals surface area contributed by atoms with Crippen molar-refractivity contribution in [3.05, 3.63) is 34.6 Å². The molecule has 1 aromatic rings. The van der Waals surface area contributed by atoms with Gasteiger partial charge in [-0.05, 0) is 37.1 Å². The Kier molecular flexibility index (Phi) is 3.45. The number of nitrogens with one attached hydrogen (secondary N) is 1. The average Bonchev–Trinajstić information content (AvgIpc) is 2.23. The lowest BCUT2D eigenvalue weighted by atomic mass is 9.89. The van der Waals surface area contributed by atoms with Gasteiger partial charge in [0.2, 0.25) is 0 Å². The standard InChI is InChI=1S/C12H14ClF2N/c13-11-6-10(14)3-2-9(11)7-12(15)4-1-5-16-8-12/h2-3,6,16H,1,4-5,7-8H2. The quantitative estimate of drug-likeness (QED) is 0.844. The minimum atomic E-state index is -1.25. The predicted molar refractivity (Wildman–Crippen MR) is 61.1 cm³/mol. The first kappa shape index (κ1) is 11.8. The van der Waals surface area contributed by atoms with Gasteiger partial charge in [0, 0.05) is 18.0 Å². The maximum atomic E-state index is 14.3. The summed E-state index contributed by atoms with van der Waals surface area (Å²) in [7, 11) is 0. The monoisotopic (exact) mass is 245 g/mol. The first-order valence-electron chi connectivity index (χ1n) is 5.43. The molecular weight excluding hydrogens is 232 g/mol. The van der Waals surface area contributed by atoms with E-state index in [2.05, 4.69) is 5.32 Å². The van der Waals surface area contributed by atoms with Gasteiger partial charge in [-0.25, -0.2) is 8.78 Å². The number of hydrogen-bond acceptors (Lipinski definition) is 1. The van der Waals surface area contributed by atoms with E-state index in [0.29, 0.717) is 23.6 Å². The fraction of sp³-hybridized carbons (Fsp3) is 0.500. The SMILES string of the molecule is Fc1ccc(CC2(F)CCCNC2)c(Cl)c1. The molecule has 88 valence electrons. The van der Waals surface area contributed by atoms with Crippen molar-refractivity contribution in [2.45, 2.75) is 24.9 Å². The summed E-state index contributed by atoms with van der Waals surface area (Å²) in [6.45, 7) is 1.21. The molecule has 0 aliphatic carbocycles. The lowest BCUT2D eigenvalue weighted by Crippen LogP contribution is -2.43. The minimum Gasteiger partial charge on any atom is -0.314 e. The van der Waals surface area contributed by atoms with E-state index in [4.69, 9.17) is 11.6 Å². The van der Waals surface area contributed by atoms with Crippen LogP contribution in [0.25, 0.3) is 0 Å². The highest BCUT2D eigenvalue weighted by Crippen LogP contribution is 2.29. The van der Waals surface area contributed by atoms with Crippen LogP contribution < -0.4 is 5.32 Å². The summed E-state index contributed by atoms with van der Waals surface area (Å²) in [5.41, 5.74) is -0.575. The van der Waals surface area contributed by atoms with E-state index < -0.39 is 5.67 Å². The molecule has 0 aromatic heterocycles. The summed E-state index contributed by atoms with van der Waals surface area (Å²) in [6, 6.07) is 4.12. The van der Waals surface area contributed by atoms with E-state index in [0.717, 1.165) is 13.0 Å². The van der Waals surface area contributed by atoms with Gasteiger partial charge >= 0.3 is 0 Å². The second-order valence-corrected chi connectivity index (χ2v) is 4.75. The summed E-state index contributed by atoms with van der Waals surface area (Å²) >= 11 is 5.88. The number of piperidine rings is 1. The van der Waals surface area contributed by atoms with Crippen LogP contribution in [0.5, 0.6) is 0 Å². The molecule has 0 saturated carbocycles. The Morgan fingerprint density at radius 2 is 2.25 bits per heavy atom. The minimum absolute atomic E-state index is 0.249. The van der Waals surface area contributed by atoms with Crippen molar-refractivity contribution in [3.63, 3.8) is 0 Å². The van der Waals surface area contributed by atoms with E-state index in [1.807, 2.05) is 0 Å². The molecule has 0 radical (unpaired) electrons. The van der Waals surface area contributed by atoms with Crippen LogP contribution in [0.2, 0.25) is 5.02 Å². The van der Waals surface area contributed by atoms with Gasteiger partial charge in [0.1, 0.15) is 11.5 Å². The Balaban J connectivity index is 2.13. The van der Waals surface area contributed by atoms with Crippen molar-refractivity contribution in [1.82, 2.24) is 5.32 Å². The highest BCUT2D eigenvalue weighted by atomic mass is 35.5. The van der Waals surface area contributed by atoms with Gasteiger partial charge in [-0.3, -0.25) is 0 Å². The topological polar surface area (TPSA) is 12.0 Å². The van der Waals surface area contributed by atoms with Crippen LogP contribution in [0, 0.1) is 5.82 Å². The van der Waals surface area contributed by atoms with Crippen LogP contribution in [-0.4, -0.2) is 18.8 Å². The normalized spacial score (nSPS) is 25.7. The van der Waals surface area contributed by atoms with Crippen molar-refractivity contribution >= 4 is 11.6 Å². The Labute approximate surface area is 98.8 Å². The first-order valence-corrected chi connectivity index (χ1v) is 5.80. The van der Waals surface area contributed by atoms with Crippen molar-refractivity contribution in [2.75, 3.05) is 13.1 Å². The lowest BCUT2D eigenvalue weighted by Gasteiger charge is -2.30. The Morgan fingerprint density at radius 3 is 2.88 bits per heavy atom. The van der Waals surface area contributed by atoms with Gasteiger partial charge in [0.05, 0.1) is 0 Å². The van der Waals surface area contributed by atoms with Crippen molar-refractivity contribution < 1.29 is 8.78 Å². The van der Waals surface area contributed by atoms with Crippen LogP contribution in [0.3, 0.4) is 0 Å². The fourth-order valence-corrected chi connectivity index (χ4v) is 2.32. The maximum absolute atomic E-state index is 14.3. The Hall–Kier alpha value is -0.670. The highest BCUT2D eigenvalue weighted by molar-refractivity contribution is 6.31. The van der Waals surface area contributed by atoms with E-state index in [1.165, 1.54) is 12.1 Å². The lowest BCUT2D eigenvalue weighted by molar-refractivity contribution is 0.122. The van der Waals surface area contributed by atoms with Crippen LogP contribution in [0.15, 0.2) is 18.2 Å². The van der Waals surface area contributed by atoms with Crippen molar-refractivity contribution in [1.29, 1.82) is 0 Å². The van der Waals surface area contributed by atoms with Crippen molar-refractivity contribution in [3.8, 4) is 0 Å². The number of rotatable bonds is 2. The van der Waals surface area contributed by atoms with Crippen LogP contribution in [0.4, 0.5) is 8.78 Å². The number of halogens is 3. The number of hydrogen-bond donors (Lipinski definition) is 1. The second-order valence-electron chi connectivity index (χ2n) is 4.34. The average molecular weight is 246 g/mol. The molecule has 16 heavy (non-hydrogen) atoms.